The summed E-state index contributed by atoms with van der Waals surface area (Å²) in [6.07, 6.45) is 4.41. The first-order valence-corrected chi connectivity index (χ1v) is 10.5. The van der Waals surface area contributed by atoms with Gasteiger partial charge in [0.2, 0.25) is 0 Å². The molecule has 3 aliphatic rings. The van der Waals surface area contributed by atoms with Crippen LogP contribution in [-0.4, -0.2) is 35.5 Å². The zero-order chi connectivity index (χ0) is 20.3. The van der Waals surface area contributed by atoms with E-state index in [1.54, 1.807) is 6.26 Å². The predicted octanol–water partition coefficient (Wildman–Crippen LogP) is 3.49. The lowest BCUT2D eigenvalue weighted by Gasteiger charge is -2.42. The maximum atomic E-state index is 13.1. The molecule has 29 heavy (non-hydrogen) atoms. The SMILES string of the molecule is CCc1coc(C(=O)N2C[C@@H]3CC[C@]4(NC(=O)c5cc(C)ccc5N4)[C@H]3C2)c1C. The summed E-state index contributed by atoms with van der Waals surface area (Å²) in [4.78, 5) is 27.9. The van der Waals surface area contributed by atoms with Gasteiger partial charge in [0.15, 0.2) is 5.76 Å². The van der Waals surface area contributed by atoms with E-state index in [0.29, 0.717) is 30.3 Å². The molecule has 2 fully saturated rings. The molecular weight excluding hydrogens is 366 g/mol. The number of rotatable bonds is 2. The van der Waals surface area contributed by atoms with Crippen molar-refractivity contribution in [1.29, 1.82) is 0 Å². The number of anilines is 1. The Morgan fingerprint density at radius 3 is 2.86 bits per heavy atom. The molecule has 6 heteroatoms. The van der Waals surface area contributed by atoms with Gasteiger partial charge in [-0.3, -0.25) is 9.59 Å². The number of carbonyl (C=O) groups is 2. The van der Waals surface area contributed by atoms with Gasteiger partial charge in [0.1, 0.15) is 5.66 Å². The van der Waals surface area contributed by atoms with Crippen molar-refractivity contribution in [2.45, 2.75) is 45.7 Å². The van der Waals surface area contributed by atoms with Gasteiger partial charge in [-0.25, -0.2) is 0 Å². The first kappa shape index (κ1) is 18.3. The molecule has 0 radical (unpaired) electrons. The lowest BCUT2D eigenvalue weighted by atomic mass is 9.89. The number of hydrogen-bond donors (Lipinski definition) is 2. The predicted molar refractivity (Wildman–Crippen MR) is 110 cm³/mol. The Morgan fingerprint density at radius 2 is 2.10 bits per heavy atom. The van der Waals surface area contributed by atoms with Crippen LogP contribution in [0.4, 0.5) is 5.69 Å². The summed E-state index contributed by atoms with van der Waals surface area (Å²) in [5.74, 6) is 0.954. The number of aryl methyl sites for hydroxylation is 2. The van der Waals surface area contributed by atoms with Crippen LogP contribution < -0.4 is 10.6 Å². The van der Waals surface area contributed by atoms with Crippen molar-refractivity contribution in [3.8, 4) is 0 Å². The Kier molecular flexibility index (Phi) is 4.02. The summed E-state index contributed by atoms with van der Waals surface area (Å²) in [7, 11) is 0. The van der Waals surface area contributed by atoms with E-state index in [2.05, 4.69) is 17.6 Å². The van der Waals surface area contributed by atoms with Crippen LogP contribution in [-0.2, 0) is 6.42 Å². The van der Waals surface area contributed by atoms with Gasteiger partial charge in [0.25, 0.3) is 11.8 Å². The van der Waals surface area contributed by atoms with Gasteiger partial charge in [0.05, 0.1) is 11.8 Å². The molecule has 1 saturated heterocycles. The fourth-order valence-electron chi connectivity index (χ4n) is 5.45. The number of amides is 2. The fraction of sp³-hybridized carbons (Fsp3) is 0.478. The van der Waals surface area contributed by atoms with E-state index in [0.717, 1.165) is 41.6 Å². The Morgan fingerprint density at radius 1 is 1.28 bits per heavy atom. The third-order valence-electron chi connectivity index (χ3n) is 7.10. The number of nitrogens with zero attached hydrogens (tertiary/aromatic N) is 1. The van der Waals surface area contributed by atoms with Crippen LogP contribution in [0.15, 0.2) is 28.9 Å². The van der Waals surface area contributed by atoms with Crippen molar-refractivity contribution in [1.82, 2.24) is 10.2 Å². The molecule has 1 aromatic heterocycles. The second kappa shape index (κ2) is 6.37. The summed E-state index contributed by atoms with van der Waals surface area (Å²) in [5, 5.41) is 6.89. The maximum absolute atomic E-state index is 13.1. The molecule has 2 N–H and O–H groups in total. The van der Waals surface area contributed by atoms with E-state index in [-0.39, 0.29) is 17.7 Å². The Hall–Kier alpha value is -2.76. The Bertz CT molecular complexity index is 1010. The minimum Gasteiger partial charge on any atom is -0.459 e. The Labute approximate surface area is 170 Å². The van der Waals surface area contributed by atoms with E-state index >= 15 is 0 Å². The molecule has 1 spiro atoms. The molecule has 2 aliphatic heterocycles. The van der Waals surface area contributed by atoms with Crippen LogP contribution in [0.3, 0.4) is 0 Å². The summed E-state index contributed by atoms with van der Waals surface area (Å²) < 4.78 is 5.62. The maximum Gasteiger partial charge on any atom is 0.289 e. The first-order valence-electron chi connectivity index (χ1n) is 10.5. The minimum absolute atomic E-state index is 0.0256. The third-order valence-corrected chi connectivity index (χ3v) is 7.10. The smallest absolute Gasteiger partial charge is 0.289 e. The van der Waals surface area contributed by atoms with Gasteiger partial charge in [-0.15, -0.1) is 0 Å². The van der Waals surface area contributed by atoms with E-state index in [1.165, 1.54) is 0 Å². The highest BCUT2D eigenvalue weighted by Gasteiger charge is 2.56. The third kappa shape index (κ3) is 2.69. The molecule has 152 valence electrons. The molecule has 2 aromatic rings. The number of benzene rings is 1. The quantitative estimate of drug-likeness (QED) is 0.819. The zero-order valence-electron chi connectivity index (χ0n) is 17.2. The summed E-state index contributed by atoms with van der Waals surface area (Å²) in [6, 6.07) is 5.95. The van der Waals surface area contributed by atoms with Crippen molar-refractivity contribution in [3.63, 3.8) is 0 Å². The highest BCUT2D eigenvalue weighted by Crippen LogP contribution is 2.47. The standard InChI is InChI=1S/C23H27N3O3/c1-4-15-12-29-20(14(15)3)22(28)26-10-16-7-8-23(18(16)11-26)24-19-6-5-13(2)9-17(19)21(27)25-23/h5-6,9,12,16,18,24H,4,7-8,10-11H2,1-3H3,(H,25,27)/t16-,18-,23-/m0/s1. The minimum atomic E-state index is -0.480. The molecule has 0 bridgehead atoms. The highest BCUT2D eigenvalue weighted by atomic mass is 16.3. The van der Waals surface area contributed by atoms with Gasteiger partial charge >= 0.3 is 0 Å². The normalized spacial score (nSPS) is 27.6. The number of furan rings is 1. The van der Waals surface area contributed by atoms with Crippen LogP contribution in [0.1, 0.15) is 57.4 Å². The lowest BCUT2D eigenvalue weighted by Crippen LogP contribution is -2.61. The van der Waals surface area contributed by atoms with Gasteiger partial charge in [0, 0.05) is 30.3 Å². The second-order valence-electron chi connectivity index (χ2n) is 8.78. The average Bonchev–Trinajstić information content (AvgIpc) is 3.37. The summed E-state index contributed by atoms with van der Waals surface area (Å²) >= 11 is 0. The molecule has 2 amide bonds. The molecule has 1 aromatic carbocycles. The van der Waals surface area contributed by atoms with Crippen molar-refractivity contribution in [3.05, 3.63) is 52.5 Å². The van der Waals surface area contributed by atoms with E-state index in [9.17, 15) is 9.59 Å². The molecule has 3 atom stereocenters. The van der Waals surface area contributed by atoms with Crippen LogP contribution >= 0.6 is 0 Å². The topological polar surface area (TPSA) is 74.6 Å². The number of hydrogen-bond acceptors (Lipinski definition) is 4. The van der Waals surface area contributed by atoms with Crippen molar-refractivity contribution in [2.75, 3.05) is 18.4 Å². The van der Waals surface area contributed by atoms with Crippen molar-refractivity contribution >= 4 is 17.5 Å². The molecule has 5 rings (SSSR count). The molecule has 1 aliphatic carbocycles. The van der Waals surface area contributed by atoms with E-state index in [1.807, 2.05) is 36.9 Å². The Balaban J connectivity index is 1.40. The lowest BCUT2D eigenvalue weighted by molar-refractivity contribution is 0.0736. The van der Waals surface area contributed by atoms with Crippen LogP contribution in [0.2, 0.25) is 0 Å². The summed E-state index contributed by atoms with van der Waals surface area (Å²) in [6.45, 7) is 7.35. The van der Waals surface area contributed by atoms with Crippen LogP contribution in [0, 0.1) is 25.7 Å². The largest absolute Gasteiger partial charge is 0.459 e. The zero-order valence-corrected chi connectivity index (χ0v) is 17.2. The van der Waals surface area contributed by atoms with Crippen molar-refractivity contribution < 1.29 is 14.0 Å². The monoisotopic (exact) mass is 393 g/mol. The molecule has 0 unspecified atom stereocenters. The van der Waals surface area contributed by atoms with Crippen molar-refractivity contribution in [2.24, 2.45) is 11.8 Å². The average molecular weight is 393 g/mol. The second-order valence-corrected chi connectivity index (χ2v) is 8.78. The van der Waals surface area contributed by atoms with Crippen LogP contribution in [0.25, 0.3) is 0 Å². The number of carbonyl (C=O) groups excluding carboxylic acids is 2. The van der Waals surface area contributed by atoms with E-state index < -0.39 is 5.66 Å². The number of nitrogens with one attached hydrogen (secondary N) is 2. The first-order chi connectivity index (χ1) is 13.9. The van der Waals surface area contributed by atoms with E-state index in [4.69, 9.17) is 4.42 Å². The van der Waals surface area contributed by atoms with Gasteiger partial charge in [-0.05, 0) is 56.7 Å². The van der Waals surface area contributed by atoms with Gasteiger partial charge in [-0.1, -0.05) is 18.6 Å². The molecular formula is C23H27N3O3. The number of likely N-dealkylation sites (tertiary alicyclic amines) is 1. The molecule has 1 saturated carbocycles. The number of fused-ring (bicyclic) bond motifs is 3. The summed E-state index contributed by atoms with van der Waals surface area (Å²) in [5.41, 5.74) is 4.20. The fourth-order valence-corrected chi connectivity index (χ4v) is 5.45. The van der Waals surface area contributed by atoms with Gasteiger partial charge < -0.3 is 20.0 Å². The molecule has 3 heterocycles. The molecule has 6 nitrogen and oxygen atoms in total. The highest BCUT2D eigenvalue weighted by molar-refractivity contribution is 6.02. The van der Waals surface area contributed by atoms with Gasteiger partial charge in [-0.2, -0.15) is 0 Å². The van der Waals surface area contributed by atoms with Crippen LogP contribution in [0.5, 0.6) is 0 Å².